The van der Waals surface area contributed by atoms with E-state index in [-0.39, 0.29) is 11.2 Å². The third-order valence-corrected chi connectivity index (χ3v) is 4.05. The molecule has 2 bridgehead atoms. The second-order valence-electron chi connectivity index (χ2n) is 5.00. The van der Waals surface area contributed by atoms with Crippen molar-refractivity contribution in [2.75, 3.05) is 13.1 Å². The normalized spacial score (nSPS) is 34.3. The highest BCUT2D eigenvalue weighted by Crippen LogP contribution is 2.46. The van der Waals surface area contributed by atoms with E-state index >= 15 is 0 Å². The largest absolute Gasteiger partial charge is 0.316 e. The molecule has 1 N–H and O–H groups in total. The summed E-state index contributed by atoms with van der Waals surface area (Å²) in [7, 11) is 0. The molecule has 1 saturated carbocycles. The average molecular weight is 205 g/mol. The van der Waals surface area contributed by atoms with Crippen LogP contribution < -0.4 is 5.32 Å². The molecule has 0 amide bonds. The van der Waals surface area contributed by atoms with Crippen molar-refractivity contribution in [3.8, 4) is 0 Å². The summed E-state index contributed by atoms with van der Waals surface area (Å²) in [5.74, 6) is 0.736. The zero-order valence-corrected chi connectivity index (χ0v) is 8.80. The Morgan fingerprint density at radius 2 is 2.20 bits per heavy atom. The van der Waals surface area contributed by atoms with Gasteiger partial charge in [0, 0.05) is 12.0 Å². The SMILES string of the molecule is Fc1ccccc1C12CCC(CNC1)C2. The molecule has 2 fully saturated rings. The number of rotatable bonds is 1. The number of benzene rings is 1. The lowest BCUT2D eigenvalue weighted by atomic mass is 9.76. The number of nitrogens with one attached hydrogen (secondary N) is 1. The van der Waals surface area contributed by atoms with E-state index in [1.807, 2.05) is 12.1 Å². The standard InChI is InChI=1S/C13H16FN/c14-12-4-2-1-3-11(12)13-6-5-10(7-13)8-15-9-13/h1-4,10,15H,5-9H2. The van der Waals surface area contributed by atoms with Crippen molar-refractivity contribution < 1.29 is 4.39 Å². The smallest absolute Gasteiger partial charge is 0.127 e. The molecule has 80 valence electrons. The van der Waals surface area contributed by atoms with Crippen molar-refractivity contribution in [3.63, 3.8) is 0 Å². The van der Waals surface area contributed by atoms with Crippen molar-refractivity contribution in [1.29, 1.82) is 0 Å². The molecule has 2 aliphatic rings. The number of halogens is 1. The summed E-state index contributed by atoms with van der Waals surface area (Å²) >= 11 is 0. The zero-order chi connectivity index (χ0) is 10.3. The molecular formula is C13H16FN. The first-order valence-electron chi connectivity index (χ1n) is 5.76. The highest BCUT2D eigenvalue weighted by atomic mass is 19.1. The van der Waals surface area contributed by atoms with Crippen molar-refractivity contribution in [3.05, 3.63) is 35.6 Å². The predicted octanol–water partition coefficient (Wildman–Crippen LogP) is 2.47. The van der Waals surface area contributed by atoms with Crippen LogP contribution in [0.25, 0.3) is 0 Å². The second-order valence-corrected chi connectivity index (χ2v) is 5.00. The second kappa shape index (κ2) is 3.31. The fourth-order valence-corrected chi connectivity index (χ4v) is 3.32. The first-order valence-corrected chi connectivity index (χ1v) is 5.76. The predicted molar refractivity (Wildman–Crippen MR) is 58.3 cm³/mol. The maximum absolute atomic E-state index is 13.8. The van der Waals surface area contributed by atoms with Crippen molar-refractivity contribution in [1.82, 2.24) is 5.32 Å². The van der Waals surface area contributed by atoms with Gasteiger partial charge in [-0.25, -0.2) is 4.39 Å². The maximum atomic E-state index is 13.8. The molecule has 1 aromatic carbocycles. The highest BCUT2D eigenvalue weighted by Gasteiger charge is 2.44. The summed E-state index contributed by atoms with van der Waals surface area (Å²) in [6, 6.07) is 7.28. The molecule has 0 spiro atoms. The molecule has 15 heavy (non-hydrogen) atoms. The molecule has 3 rings (SSSR count). The van der Waals surface area contributed by atoms with Gasteiger partial charge in [0.25, 0.3) is 0 Å². The first-order chi connectivity index (χ1) is 7.30. The van der Waals surface area contributed by atoms with Crippen LogP contribution in [0, 0.1) is 11.7 Å². The van der Waals surface area contributed by atoms with Gasteiger partial charge in [-0.2, -0.15) is 0 Å². The first kappa shape index (κ1) is 9.34. The Morgan fingerprint density at radius 1 is 1.33 bits per heavy atom. The van der Waals surface area contributed by atoms with Crippen LogP contribution in [-0.4, -0.2) is 13.1 Å². The van der Waals surface area contributed by atoms with Gasteiger partial charge in [-0.1, -0.05) is 18.2 Å². The Kier molecular flexibility index (Phi) is 2.06. The van der Waals surface area contributed by atoms with Gasteiger partial charge in [0.2, 0.25) is 0 Å². The fourth-order valence-electron chi connectivity index (χ4n) is 3.32. The summed E-state index contributed by atoms with van der Waals surface area (Å²) < 4.78 is 13.8. The Balaban J connectivity index is 2.02. The van der Waals surface area contributed by atoms with Gasteiger partial charge < -0.3 is 5.32 Å². The van der Waals surface area contributed by atoms with Gasteiger partial charge in [0.1, 0.15) is 5.82 Å². The molecule has 1 saturated heterocycles. The molecule has 1 heterocycles. The number of fused-ring (bicyclic) bond motifs is 2. The van der Waals surface area contributed by atoms with Crippen LogP contribution >= 0.6 is 0 Å². The Morgan fingerprint density at radius 3 is 3.07 bits per heavy atom. The average Bonchev–Trinajstić information content (AvgIpc) is 2.56. The Labute approximate surface area is 89.7 Å². The number of hydrogen-bond donors (Lipinski definition) is 1. The minimum absolute atomic E-state index is 0.0261. The van der Waals surface area contributed by atoms with Gasteiger partial charge >= 0.3 is 0 Å². The van der Waals surface area contributed by atoms with Gasteiger partial charge in [-0.05, 0) is 43.4 Å². The molecule has 1 nitrogen and oxygen atoms in total. The highest BCUT2D eigenvalue weighted by molar-refractivity contribution is 5.30. The Bertz CT molecular complexity index is 373. The van der Waals surface area contributed by atoms with E-state index < -0.39 is 0 Å². The van der Waals surface area contributed by atoms with Crippen molar-refractivity contribution >= 4 is 0 Å². The summed E-state index contributed by atoms with van der Waals surface area (Å²) in [6.07, 6.45) is 3.56. The molecule has 1 aliphatic heterocycles. The molecule has 0 aromatic heterocycles. The van der Waals surface area contributed by atoms with Crippen LogP contribution in [0.5, 0.6) is 0 Å². The molecule has 2 heteroatoms. The van der Waals surface area contributed by atoms with Crippen LogP contribution in [0.2, 0.25) is 0 Å². The number of hydrogen-bond acceptors (Lipinski definition) is 1. The van der Waals surface area contributed by atoms with Crippen LogP contribution in [0.4, 0.5) is 4.39 Å². The molecule has 1 aromatic rings. The van der Waals surface area contributed by atoms with E-state index in [0.29, 0.717) is 0 Å². The van der Waals surface area contributed by atoms with Crippen LogP contribution in [0.15, 0.2) is 24.3 Å². The molecule has 1 aliphatic carbocycles. The van der Waals surface area contributed by atoms with Crippen molar-refractivity contribution in [2.24, 2.45) is 5.92 Å². The topological polar surface area (TPSA) is 12.0 Å². The summed E-state index contributed by atoms with van der Waals surface area (Å²) in [6.45, 7) is 2.07. The Hall–Kier alpha value is -0.890. The lowest BCUT2D eigenvalue weighted by molar-refractivity contribution is 0.318. The third kappa shape index (κ3) is 1.39. The summed E-state index contributed by atoms with van der Waals surface area (Å²) in [5, 5.41) is 3.45. The summed E-state index contributed by atoms with van der Waals surface area (Å²) in [4.78, 5) is 0. The van der Waals surface area contributed by atoms with Crippen molar-refractivity contribution in [2.45, 2.75) is 24.7 Å². The number of piperidine rings is 1. The lowest BCUT2D eigenvalue weighted by Crippen LogP contribution is -2.42. The minimum atomic E-state index is -0.0261. The van der Waals surface area contributed by atoms with E-state index in [1.54, 1.807) is 12.1 Å². The molecule has 0 radical (unpaired) electrons. The van der Waals surface area contributed by atoms with E-state index in [0.717, 1.165) is 31.0 Å². The van der Waals surface area contributed by atoms with Gasteiger partial charge in [-0.3, -0.25) is 0 Å². The van der Waals surface area contributed by atoms with Gasteiger partial charge in [0.05, 0.1) is 0 Å². The monoisotopic (exact) mass is 205 g/mol. The minimum Gasteiger partial charge on any atom is -0.316 e. The van der Waals surface area contributed by atoms with Crippen LogP contribution in [-0.2, 0) is 5.41 Å². The fraction of sp³-hybridized carbons (Fsp3) is 0.538. The quantitative estimate of drug-likeness (QED) is 0.742. The third-order valence-electron chi connectivity index (χ3n) is 4.05. The van der Waals surface area contributed by atoms with E-state index in [4.69, 9.17) is 0 Å². The molecular weight excluding hydrogens is 189 g/mol. The molecule has 2 unspecified atom stereocenters. The zero-order valence-electron chi connectivity index (χ0n) is 8.80. The van der Waals surface area contributed by atoms with Gasteiger partial charge in [0.15, 0.2) is 0 Å². The maximum Gasteiger partial charge on any atom is 0.127 e. The van der Waals surface area contributed by atoms with Gasteiger partial charge in [-0.15, -0.1) is 0 Å². The lowest BCUT2D eigenvalue weighted by Gasteiger charge is -2.34. The summed E-state index contributed by atoms with van der Waals surface area (Å²) in [5.41, 5.74) is 1.02. The van der Waals surface area contributed by atoms with Crippen LogP contribution in [0.1, 0.15) is 24.8 Å². The van der Waals surface area contributed by atoms with E-state index in [1.165, 1.54) is 12.8 Å². The van der Waals surface area contributed by atoms with E-state index in [2.05, 4.69) is 5.32 Å². The van der Waals surface area contributed by atoms with Crippen LogP contribution in [0.3, 0.4) is 0 Å². The molecule has 2 atom stereocenters. The van der Waals surface area contributed by atoms with E-state index in [9.17, 15) is 4.39 Å².